The lowest BCUT2D eigenvalue weighted by Crippen LogP contribution is -2.32. The Morgan fingerprint density at radius 1 is 1.10 bits per heavy atom. The normalized spacial score (nSPS) is 17.1. The highest BCUT2D eigenvalue weighted by molar-refractivity contribution is 6.28. The molecule has 0 bridgehead atoms. The molecular weight excluding hydrogens is 286 g/mol. The molecule has 1 aliphatic rings. The van der Waals surface area contributed by atoms with Gasteiger partial charge in [0.05, 0.1) is 0 Å². The molecular formula is C15H26ClN5. The summed E-state index contributed by atoms with van der Waals surface area (Å²) in [6.07, 6.45) is 5.95. The zero-order valence-corrected chi connectivity index (χ0v) is 14.0. The summed E-state index contributed by atoms with van der Waals surface area (Å²) in [4.78, 5) is 15.3. The van der Waals surface area contributed by atoms with Gasteiger partial charge in [0, 0.05) is 19.1 Å². The first kappa shape index (κ1) is 16.3. The van der Waals surface area contributed by atoms with Crippen molar-refractivity contribution in [3.8, 4) is 0 Å². The monoisotopic (exact) mass is 311 g/mol. The second kappa shape index (κ2) is 7.78. The van der Waals surface area contributed by atoms with Crippen molar-refractivity contribution in [1.29, 1.82) is 0 Å². The summed E-state index contributed by atoms with van der Waals surface area (Å²) < 4.78 is 0. The van der Waals surface area contributed by atoms with Crippen molar-refractivity contribution in [2.24, 2.45) is 5.92 Å². The molecule has 0 aromatic carbocycles. The van der Waals surface area contributed by atoms with Crippen LogP contribution < -0.4 is 10.2 Å². The predicted molar refractivity (Wildman–Crippen MR) is 88.1 cm³/mol. The van der Waals surface area contributed by atoms with E-state index in [1.807, 2.05) is 0 Å². The number of rotatable bonds is 6. The van der Waals surface area contributed by atoms with Crippen LogP contribution in [0.4, 0.5) is 11.9 Å². The van der Waals surface area contributed by atoms with Crippen LogP contribution >= 0.6 is 11.6 Å². The maximum Gasteiger partial charge on any atom is 0.231 e. The summed E-state index contributed by atoms with van der Waals surface area (Å²) in [5, 5.41) is 3.66. The minimum absolute atomic E-state index is 0.268. The van der Waals surface area contributed by atoms with Gasteiger partial charge in [-0.05, 0) is 43.7 Å². The smallest absolute Gasteiger partial charge is 0.231 e. The van der Waals surface area contributed by atoms with Crippen LogP contribution in [0.2, 0.25) is 5.28 Å². The molecule has 2 rings (SSSR count). The third kappa shape index (κ3) is 4.43. The molecule has 6 heteroatoms. The Balaban J connectivity index is 2.10. The molecule has 2 heterocycles. The van der Waals surface area contributed by atoms with E-state index in [0.29, 0.717) is 23.9 Å². The van der Waals surface area contributed by atoms with E-state index < -0.39 is 0 Å². The van der Waals surface area contributed by atoms with Crippen LogP contribution in [-0.2, 0) is 0 Å². The molecule has 0 amide bonds. The van der Waals surface area contributed by atoms with Crippen LogP contribution in [0.1, 0.15) is 52.9 Å². The lowest BCUT2D eigenvalue weighted by atomic mass is 9.96. The lowest BCUT2D eigenvalue weighted by molar-refractivity contribution is 0.436. The van der Waals surface area contributed by atoms with Crippen molar-refractivity contribution < 1.29 is 0 Å². The van der Waals surface area contributed by atoms with Crippen molar-refractivity contribution in [2.45, 2.75) is 58.9 Å². The number of aromatic nitrogens is 3. The van der Waals surface area contributed by atoms with Gasteiger partial charge in [0.25, 0.3) is 0 Å². The Morgan fingerprint density at radius 2 is 1.76 bits per heavy atom. The van der Waals surface area contributed by atoms with Crippen LogP contribution in [-0.4, -0.2) is 34.1 Å². The summed E-state index contributed by atoms with van der Waals surface area (Å²) in [6, 6.07) is 0.327. The maximum absolute atomic E-state index is 6.07. The van der Waals surface area contributed by atoms with Gasteiger partial charge in [0.2, 0.25) is 17.2 Å². The van der Waals surface area contributed by atoms with E-state index in [2.05, 4.69) is 45.9 Å². The second-order valence-corrected chi connectivity index (χ2v) is 6.12. The van der Waals surface area contributed by atoms with E-state index in [9.17, 15) is 0 Å². The summed E-state index contributed by atoms with van der Waals surface area (Å²) in [6.45, 7) is 8.61. The summed E-state index contributed by atoms with van der Waals surface area (Å²) in [7, 11) is 0. The highest BCUT2D eigenvalue weighted by Gasteiger charge is 2.18. The second-order valence-electron chi connectivity index (χ2n) is 5.79. The number of anilines is 2. The van der Waals surface area contributed by atoms with Crippen molar-refractivity contribution in [1.82, 2.24) is 15.0 Å². The Kier molecular flexibility index (Phi) is 6.03. The number of hydrogen-bond acceptors (Lipinski definition) is 5. The van der Waals surface area contributed by atoms with E-state index in [-0.39, 0.29) is 5.28 Å². The fourth-order valence-electron chi connectivity index (χ4n) is 2.96. The molecule has 5 nitrogen and oxygen atoms in total. The average Bonchev–Trinajstić information content (AvgIpc) is 2.49. The number of nitrogens with zero attached hydrogens (tertiary/aromatic N) is 4. The highest BCUT2D eigenvalue weighted by atomic mass is 35.5. The SMILES string of the molecule is CCC(CC)C(C)Nc1nc(Cl)nc(N2CCCCC2)n1. The summed E-state index contributed by atoms with van der Waals surface area (Å²) in [5.74, 6) is 1.91. The minimum atomic E-state index is 0.268. The minimum Gasteiger partial charge on any atom is -0.351 e. The topological polar surface area (TPSA) is 53.9 Å². The first-order valence-electron chi connectivity index (χ1n) is 8.07. The molecule has 1 aromatic heterocycles. The molecule has 1 atom stereocenters. The molecule has 1 saturated heterocycles. The fraction of sp³-hybridized carbons (Fsp3) is 0.800. The van der Waals surface area contributed by atoms with Gasteiger partial charge in [0.1, 0.15) is 0 Å². The van der Waals surface area contributed by atoms with Gasteiger partial charge < -0.3 is 10.2 Å². The molecule has 0 radical (unpaired) electrons. The van der Waals surface area contributed by atoms with Crippen LogP contribution in [0.5, 0.6) is 0 Å². The number of nitrogens with one attached hydrogen (secondary N) is 1. The first-order valence-corrected chi connectivity index (χ1v) is 8.44. The zero-order valence-electron chi connectivity index (χ0n) is 13.3. The number of piperidine rings is 1. The van der Waals surface area contributed by atoms with E-state index in [0.717, 1.165) is 25.9 Å². The van der Waals surface area contributed by atoms with Crippen LogP contribution in [0.15, 0.2) is 0 Å². The van der Waals surface area contributed by atoms with Crippen molar-refractivity contribution in [2.75, 3.05) is 23.3 Å². The molecule has 118 valence electrons. The number of halogens is 1. The standard InChI is InChI=1S/C15H26ClN5/c1-4-12(5-2)11(3)17-14-18-13(16)19-15(20-14)21-9-7-6-8-10-21/h11-12H,4-10H2,1-3H3,(H,17,18,19,20). The van der Waals surface area contributed by atoms with E-state index in [4.69, 9.17) is 11.6 Å². The Hall–Kier alpha value is -1.10. The van der Waals surface area contributed by atoms with E-state index >= 15 is 0 Å². The van der Waals surface area contributed by atoms with Gasteiger partial charge in [-0.3, -0.25) is 0 Å². The van der Waals surface area contributed by atoms with E-state index in [1.165, 1.54) is 19.3 Å². The van der Waals surface area contributed by atoms with Crippen LogP contribution in [0.25, 0.3) is 0 Å². The predicted octanol–water partition coefficient (Wildman–Crippen LogP) is 3.75. The Bertz CT molecular complexity index is 444. The summed E-state index contributed by atoms with van der Waals surface area (Å²) in [5.41, 5.74) is 0. The van der Waals surface area contributed by atoms with Crippen molar-refractivity contribution in [3.05, 3.63) is 5.28 Å². The Labute approximate surface area is 132 Å². The third-order valence-corrected chi connectivity index (χ3v) is 4.52. The van der Waals surface area contributed by atoms with Crippen LogP contribution in [0.3, 0.4) is 0 Å². The molecule has 1 aliphatic heterocycles. The maximum atomic E-state index is 6.07. The van der Waals surface area contributed by atoms with Crippen LogP contribution in [0, 0.1) is 5.92 Å². The van der Waals surface area contributed by atoms with Gasteiger partial charge in [-0.15, -0.1) is 0 Å². The quantitative estimate of drug-likeness (QED) is 0.867. The number of hydrogen-bond donors (Lipinski definition) is 1. The highest BCUT2D eigenvalue weighted by Crippen LogP contribution is 2.21. The molecule has 0 aliphatic carbocycles. The molecule has 1 fully saturated rings. The first-order chi connectivity index (χ1) is 10.1. The molecule has 1 N–H and O–H groups in total. The fourth-order valence-corrected chi connectivity index (χ4v) is 3.11. The van der Waals surface area contributed by atoms with Gasteiger partial charge >= 0.3 is 0 Å². The molecule has 1 aromatic rings. The molecule has 1 unspecified atom stereocenters. The van der Waals surface area contributed by atoms with Gasteiger partial charge in [-0.25, -0.2) is 0 Å². The van der Waals surface area contributed by atoms with Gasteiger partial charge in [-0.1, -0.05) is 26.7 Å². The molecule has 0 saturated carbocycles. The largest absolute Gasteiger partial charge is 0.351 e. The van der Waals surface area contributed by atoms with Gasteiger partial charge in [-0.2, -0.15) is 15.0 Å². The lowest BCUT2D eigenvalue weighted by Gasteiger charge is -2.27. The van der Waals surface area contributed by atoms with E-state index in [1.54, 1.807) is 0 Å². The zero-order chi connectivity index (χ0) is 15.2. The van der Waals surface area contributed by atoms with Crippen molar-refractivity contribution in [3.63, 3.8) is 0 Å². The van der Waals surface area contributed by atoms with Gasteiger partial charge in [0.15, 0.2) is 0 Å². The Morgan fingerprint density at radius 3 is 2.38 bits per heavy atom. The molecule has 21 heavy (non-hydrogen) atoms. The third-order valence-electron chi connectivity index (χ3n) is 4.35. The average molecular weight is 312 g/mol. The summed E-state index contributed by atoms with van der Waals surface area (Å²) >= 11 is 6.07. The van der Waals surface area contributed by atoms with Crippen molar-refractivity contribution >= 4 is 23.5 Å². The molecule has 0 spiro atoms.